The van der Waals surface area contributed by atoms with E-state index in [-0.39, 0.29) is 5.69 Å². The minimum absolute atomic E-state index is 0.159. The molecule has 0 atom stereocenters. The molecule has 0 aliphatic carbocycles. The molecule has 0 radical (unpaired) electrons. The number of hydrogen-bond donors (Lipinski definition) is 2. The molecule has 1 aromatic rings. The summed E-state index contributed by atoms with van der Waals surface area (Å²) in [6, 6.07) is 3.52. The van der Waals surface area contributed by atoms with Gasteiger partial charge in [0, 0.05) is 3.57 Å². The third-order valence-electron chi connectivity index (χ3n) is 1.74. The average Bonchev–Trinajstić information content (AvgIpc) is 2.19. The first-order valence-electron chi connectivity index (χ1n) is 5.16. The van der Waals surface area contributed by atoms with Crippen molar-refractivity contribution in [1.82, 2.24) is 4.72 Å². The van der Waals surface area contributed by atoms with Gasteiger partial charge in [-0.1, -0.05) is 0 Å². The van der Waals surface area contributed by atoms with Gasteiger partial charge in [-0.25, -0.2) is 13.9 Å². The fourth-order valence-electron chi connectivity index (χ4n) is 1.09. The third-order valence-corrected chi connectivity index (χ3v) is 3.55. The molecule has 19 heavy (non-hydrogen) atoms. The molecule has 0 saturated heterocycles. The lowest BCUT2D eigenvalue weighted by Crippen LogP contribution is -2.37. The number of carbonyl (C=O) groups is 1. The van der Waals surface area contributed by atoms with Crippen molar-refractivity contribution in [2.45, 2.75) is 20.0 Å². The van der Waals surface area contributed by atoms with Crippen molar-refractivity contribution < 1.29 is 22.3 Å². The van der Waals surface area contributed by atoms with Crippen molar-refractivity contribution >= 4 is 44.6 Å². The summed E-state index contributed by atoms with van der Waals surface area (Å²) in [5, 5.41) is 0. The number of amides is 1. The zero-order chi connectivity index (χ0) is 14.6. The van der Waals surface area contributed by atoms with Gasteiger partial charge in [-0.2, -0.15) is 8.42 Å². The molecule has 2 N–H and O–H groups in total. The van der Waals surface area contributed by atoms with Crippen LogP contribution < -0.4 is 9.44 Å². The first kappa shape index (κ1) is 16.0. The van der Waals surface area contributed by atoms with Crippen molar-refractivity contribution in [3.63, 3.8) is 0 Å². The van der Waals surface area contributed by atoms with Crippen LogP contribution in [-0.4, -0.2) is 20.6 Å². The summed E-state index contributed by atoms with van der Waals surface area (Å²) < 4.78 is 44.9. The zero-order valence-corrected chi connectivity index (χ0v) is 13.1. The fraction of sp³-hybridized carbons (Fsp3) is 0.300. The Balaban J connectivity index is 2.77. The molecule has 0 fully saturated rings. The molecule has 1 aromatic carbocycles. The summed E-state index contributed by atoms with van der Waals surface area (Å²) >= 11 is 1.77. The van der Waals surface area contributed by atoms with Crippen LogP contribution in [0.1, 0.15) is 13.8 Å². The normalized spacial score (nSPS) is 11.2. The molecule has 1 rings (SSSR count). The van der Waals surface area contributed by atoms with Gasteiger partial charge in [0.25, 0.3) is 0 Å². The van der Waals surface area contributed by atoms with E-state index in [9.17, 15) is 17.6 Å². The Morgan fingerprint density at radius 3 is 2.58 bits per heavy atom. The molecule has 0 spiro atoms. The van der Waals surface area contributed by atoms with Crippen molar-refractivity contribution in [2.24, 2.45) is 0 Å². The Morgan fingerprint density at radius 2 is 2.05 bits per heavy atom. The number of rotatable bonds is 4. The van der Waals surface area contributed by atoms with Gasteiger partial charge in [-0.15, -0.1) is 0 Å². The van der Waals surface area contributed by atoms with Gasteiger partial charge >= 0.3 is 16.3 Å². The first-order chi connectivity index (χ1) is 8.69. The molecule has 0 saturated carbocycles. The second-order valence-electron chi connectivity index (χ2n) is 3.79. The number of benzene rings is 1. The Bertz CT molecular complexity index is 577. The zero-order valence-electron chi connectivity index (χ0n) is 10.1. The van der Waals surface area contributed by atoms with E-state index in [1.807, 2.05) is 0 Å². The van der Waals surface area contributed by atoms with Crippen LogP contribution in [0.2, 0.25) is 0 Å². The van der Waals surface area contributed by atoms with Crippen LogP contribution in [0, 0.1) is 9.39 Å². The lowest BCUT2D eigenvalue weighted by atomic mass is 10.3. The second kappa shape index (κ2) is 6.37. The number of anilines is 1. The number of ether oxygens (including phenoxy) is 1. The summed E-state index contributed by atoms with van der Waals surface area (Å²) in [7, 11) is -4.12. The predicted molar refractivity (Wildman–Crippen MR) is 76.4 cm³/mol. The quantitative estimate of drug-likeness (QED) is 0.757. The molecule has 0 aromatic heterocycles. The van der Waals surface area contributed by atoms with Gasteiger partial charge in [0.05, 0.1) is 11.8 Å². The van der Waals surface area contributed by atoms with Gasteiger partial charge < -0.3 is 4.74 Å². The van der Waals surface area contributed by atoms with Gasteiger partial charge in [-0.05, 0) is 54.6 Å². The summed E-state index contributed by atoms with van der Waals surface area (Å²) in [5.74, 6) is -0.487. The molecular formula is C10H12FIN2O4S. The smallest absolute Gasteiger partial charge is 0.422 e. The predicted octanol–water partition coefficient (Wildman–Crippen LogP) is 2.22. The highest BCUT2D eigenvalue weighted by molar-refractivity contribution is 14.1. The highest BCUT2D eigenvalue weighted by Gasteiger charge is 2.17. The fourth-order valence-corrected chi connectivity index (χ4v) is 2.67. The molecule has 0 heterocycles. The molecule has 1 amide bonds. The van der Waals surface area contributed by atoms with Crippen LogP contribution >= 0.6 is 22.6 Å². The number of hydrogen-bond acceptors (Lipinski definition) is 4. The van der Waals surface area contributed by atoms with E-state index in [4.69, 9.17) is 0 Å². The van der Waals surface area contributed by atoms with Gasteiger partial charge in [0.2, 0.25) is 0 Å². The summed E-state index contributed by atoms with van der Waals surface area (Å²) in [4.78, 5) is 11.2. The van der Waals surface area contributed by atoms with Crippen LogP contribution in [0.4, 0.5) is 14.9 Å². The minimum Gasteiger partial charge on any atom is -0.446 e. The number of halogens is 2. The van der Waals surface area contributed by atoms with Crippen LogP contribution in [0.5, 0.6) is 0 Å². The minimum atomic E-state index is -4.12. The molecule has 106 valence electrons. The highest BCUT2D eigenvalue weighted by atomic mass is 127. The molecule has 6 nitrogen and oxygen atoms in total. The third kappa shape index (κ3) is 5.59. The van der Waals surface area contributed by atoms with Crippen molar-refractivity contribution in [2.75, 3.05) is 4.72 Å². The monoisotopic (exact) mass is 402 g/mol. The summed E-state index contributed by atoms with van der Waals surface area (Å²) in [6.45, 7) is 3.17. The van der Waals surface area contributed by atoms with E-state index in [1.165, 1.54) is 6.07 Å². The Hall–Kier alpha value is -1.10. The molecule has 0 aliphatic heterocycles. The van der Waals surface area contributed by atoms with Gasteiger partial charge in [-0.3, -0.25) is 4.72 Å². The topological polar surface area (TPSA) is 84.5 Å². The maximum atomic E-state index is 12.9. The Morgan fingerprint density at radius 1 is 1.42 bits per heavy atom. The van der Waals surface area contributed by atoms with E-state index in [2.05, 4.69) is 9.46 Å². The summed E-state index contributed by atoms with van der Waals surface area (Å²) in [6.07, 6.45) is -1.53. The Kier molecular flexibility index (Phi) is 5.35. The molecule has 9 heteroatoms. The number of carbonyl (C=O) groups excluding carboxylic acids is 1. The Labute approximate surface area is 124 Å². The molecule has 0 aliphatic rings. The van der Waals surface area contributed by atoms with Crippen LogP contribution in [0.3, 0.4) is 0 Å². The highest BCUT2D eigenvalue weighted by Crippen LogP contribution is 2.19. The first-order valence-corrected chi connectivity index (χ1v) is 7.72. The van der Waals surface area contributed by atoms with Crippen molar-refractivity contribution in [3.05, 3.63) is 27.6 Å². The molecule has 0 bridgehead atoms. The van der Waals surface area contributed by atoms with E-state index in [1.54, 1.807) is 41.2 Å². The largest absolute Gasteiger partial charge is 0.446 e. The van der Waals surface area contributed by atoms with Crippen LogP contribution in [-0.2, 0) is 14.9 Å². The van der Waals surface area contributed by atoms with E-state index < -0.39 is 28.2 Å². The lowest BCUT2D eigenvalue weighted by Gasteiger charge is -2.12. The number of nitrogens with one attached hydrogen (secondary N) is 2. The maximum Gasteiger partial charge on any atom is 0.422 e. The van der Waals surface area contributed by atoms with Gasteiger partial charge in [0.1, 0.15) is 5.82 Å². The SMILES string of the molecule is CC(C)OC(=O)NS(=O)(=O)Nc1ccc(F)cc1I. The van der Waals surface area contributed by atoms with Crippen molar-refractivity contribution in [1.29, 1.82) is 0 Å². The van der Waals surface area contributed by atoms with Crippen molar-refractivity contribution in [3.8, 4) is 0 Å². The molecular weight excluding hydrogens is 390 g/mol. The molecule has 0 unspecified atom stereocenters. The van der Waals surface area contributed by atoms with E-state index in [0.717, 1.165) is 12.1 Å². The lowest BCUT2D eigenvalue weighted by molar-refractivity contribution is 0.121. The van der Waals surface area contributed by atoms with E-state index in [0.29, 0.717) is 3.57 Å². The van der Waals surface area contributed by atoms with Crippen LogP contribution in [0.15, 0.2) is 18.2 Å². The second-order valence-corrected chi connectivity index (χ2v) is 6.36. The van der Waals surface area contributed by atoms with Crippen LogP contribution in [0.25, 0.3) is 0 Å². The standard InChI is InChI=1S/C10H12FIN2O4S/c1-6(2)18-10(15)14-19(16,17)13-9-4-3-7(11)5-8(9)12/h3-6,13H,1-2H3,(H,14,15). The average molecular weight is 402 g/mol. The van der Waals surface area contributed by atoms with Gasteiger partial charge in [0.15, 0.2) is 0 Å². The summed E-state index contributed by atoms with van der Waals surface area (Å²) in [5.41, 5.74) is 0.159. The van der Waals surface area contributed by atoms with E-state index >= 15 is 0 Å². The maximum absolute atomic E-state index is 12.9.